The van der Waals surface area contributed by atoms with E-state index >= 15 is 0 Å². The third-order valence-corrected chi connectivity index (χ3v) is 3.26. The van der Waals surface area contributed by atoms with E-state index in [9.17, 15) is 9.18 Å². The lowest BCUT2D eigenvalue weighted by Gasteiger charge is -2.16. The molecular weight excluding hydrogens is 223 g/mol. The minimum absolute atomic E-state index is 0.0318. The molecule has 1 aromatic carbocycles. The van der Waals surface area contributed by atoms with Crippen LogP contribution in [0.2, 0.25) is 0 Å². The maximum atomic E-state index is 13.2. The van der Waals surface area contributed by atoms with Crippen LogP contribution in [0.3, 0.4) is 0 Å². The highest BCUT2D eigenvalue weighted by atomic mass is 19.1. The lowest BCUT2D eigenvalue weighted by atomic mass is 10.0. The third-order valence-electron chi connectivity index (χ3n) is 3.26. The fourth-order valence-electron chi connectivity index (χ4n) is 2.22. The molecule has 0 unspecified atom stereocenters. The number of ether oxygens (including phenoxy) is 1. The smallest absolute Gasteiger partial charge is 0.217 e. The monoisotopic (exact) mass is 238 g/mol. The zero-order valence-electron chi connectivity index (χ0n) is 9.57. The second-order valence-electron chi connectivity index (χ2n) is 4.46. The molecule has 0 spiro atoms. The van der Waals surface area contributed by atoms with Crippen molar-refractivity contribution in [3.8, 4) is 5.75 Å². The molecule has 4 nitrogen and oxygen atoms in total. The molecule has 0 aliphatic heterocycles. The van der Waals surface area contributed by atoms with Crippen LogP contribution >= 0.6 is 0 Å². The number of nitrogens with two attached hydrogens (primary N) is 2. The summed E-state index contributed by atoms with van der Waals surface area (Å²) in [7, 11) is 1.51. The molecule has 1 aromatic rings. The van der Waals surface area contributed by atoms with Crippen molar-refractivity contribution < 1.29 is 13.9 Å². The SMILES string of the molecule is COc1ccc(F)cc1[C@@]1(N)C[C@@H]1CC(N)=O. The van der Waals surface area contributed by atoms with Gasteiger partial charge in [0.2, 0.25) is 5.91 Å². The van der Waals surface area contributed by atoms with Gasteiger partial charge in [0.15, 0.2) is 0 Å². The number of carbonyl (C=O) groups is 1. The Bertz CT molecular complexity index is 464. The Morgan fingerprint density at radius 2 is 2.35 bits per heavy atom. The molecule has 1 aliphatic rings. The fraction of sp³-hybridized carbons (Fsp3) is 0.417. The quantitative estimate of drug-likeness (QED) is 0.817. The predicted molar refractivity (Wildman–Crippen MR) is 60.7 cm³/mol. The average molecular weight is 238 g/mol. The van der Waals surface area contributed by atoms with Crippen molar-refractivity contribution in [2.45, 2.75) is 18.4 Å². The molecule has 1 saturated carbocycles. The van der Waals surface area contributed by atoms with Crippen molar-refractivity contribution in [1.82, 2.24) is 0 Å². The molecule has 1 fully saturated rings. The molecule has 1 amide bonds. The fourth-order valence-corrected chi connectivity index (χ4v) is 2.22. The van der Waals surface area contributed by atoms with Crippen LogP contribution in [0.1, 0.15) is 18.4 Å². The number of benzene rings is 1. The lowest BCUT2D eigenvalue weighted by Crippen LogP contribution is -2.25. The second kappa shape index (κ2) is 4.00. The van der Waals surface area contributed by atoms with Gasteiger partial charge in [0, 0.05) is 17.5 Å². The van der Waals surface area contributed by atoms with Crippen molar-refractivity contribution in [2.75, 3.05) is 7.11 Å². The summed E-state index contributed by atoms with van der Waals surface area (Å²) in [6.07, 6.45) is 0.839. The van der Waals surface area contributed by atoms with Gasteiger partial charge < -0.3 is 16.2 Å². The van der Waals surface area contributed by atoms with Gasteiger partial charge in [0.1, 0.15) is 11.6 Å². The van der Waals surface area contributed by atoms with E-state index in [1.165, 1.54) is 19.2 Å². The maximum absolute atomic E-state index is 13.2. The van der Waals surface area contributed by atoms with Crippen LogP contribution in [0.4, 0.5) is 4.39 Å². The van der Waals surface area contributed by atoms with Crippen LogP contribution < -0.4 is 16.2 Å². The van der Waals surface area contributed by atoms with Crippen LogP contribution in [0.15, 0.2) is 18.2 Å². The van der Waals surface area contributed by atoms with Crippen LogP contribution in [-0.2, 0) is 10.3 Å². The summed E-state index contributed by atoms with van der Waals surface area (Å²) in [5, 5.41) is 0. The van der Waals surface area contributed by atoms with Gasteiger partial charge in [-0.05, 0) is 30.5 Å². The number of methoxy groups -OCH3 is 1. The first kappa shape index (κ1) is 11.9. The molecule has 0 bridgehead atoms. The van der Waals surface area contributed by atoms with Gasteiger partial charge in [-0.1, -0.05) is 0 Å². The summed E-state index contributed by atoms with van der Waals surface area (Å²) >= 11 is 0. The van der Waals surface area contributed by atoms with Gasteiger partial charge in [0.25, 0.3) is 0 Å². The minimum Gasteiger partial charge on any atom is -0.496 e. The van der Waals surface area contributed by atoms with Gasteiger partial charge in [0.05, 0.1) is 7.11 Å². The van der Waals surface area contributed by atoms with Crippen molar-refractivity contribution in [3.63, 3.8) is 0 Å². The predicted octanol–water partition coefficient (Wildman–Crippen LogP) is 0.884. The molecule has 92 valence electrons. The normalized spacial score (nSPS) is 26.6. The van der Waals surface area contributed by atoms with E-state index in [4.69, 9.17) is 16.2 Å². The van der Waals surface area contributed by atoms with Crippen molar-refractivity contribution in [3.05, 3.63) is 29.6 Å². The Hall–Kier alpha value is -1.62. The van der Waals surface area contributed by atoms with Crippen LogP contribution in [0.5, 0.6) is 5.75 Å². The van der Waals surface area contributed by atoms with E-state index in [-0.39, 0.29) is 18.2 Å². The highest BCUT2D eigenvalue weighted by molar-refractivity contribution is 5.75. The van der Waals surface area contributed by atoms with E-state index in [0.29, 0.717) is 17.7 Å². The largest absolute Gasteiger partial charge is 0.496 e. The number of hydrogen-bond acceptors (Lipinski definition) is 3. The summed E-state index contributed by atoms with van der Waals surface area (Å²) < 4.78 is 18.4. The van der Waals surface area contributed by atoms with Gasteiger partial charge in [-0.25, -0.2) is 4.39 Å². The van der Waals surface area contributed by atoms with E-state index in [0.717, 1.165) is 0 Å². The molecule has 0 radical (unpaired) electrons. The number of halogens is 1. The Labute approximate surface area is 98.7 Å². The van der Waals surface area contributed by atoms with Gasteiger partial charge in [-0.15, -0.1) is 0 Å². The zero-order chi connectivity index (χ0) is 12.6. The van der Waals surface area contributed by atoms with Gasteiger partial charge in [-0.2, -0.15) is 0 Å². The minimum atomic E-state index is -0.692. The molecule has 0 saturated heterocycles. The van der Waals surface area contributed by atoms with E-state index in [1.807, 2.05) is 0 Å². The van der Waals surface area contributed by atoms with Crippen molar-refractivity contribution in [2.24, 2.45) is 17.4 Å². The topological polar surface area (TPSA) is 78.3 Å². The standard InChI is InChI=1S/C12H15FN2O2/c1-17-10-3-2-8(13)5-9(10)12(15)6-7(12)4-11(14)16/h2-3,5,7H,4,6,15H2,1H3,(H2,14,16)/t7-,12+/m0/s1. The van der Waals surface area contributed by atoms with Crippen LogP contribution in [-0.4, -0.2) is 13.0 Å². The molecule has 1 aliphatic carbocycles. The number of rotatable bonds is 4. The van der Waals surface area contributed by atoms with Gasteiger partial charge in [-0.3, -0.25) is 4.79 Å². The van der Waals surface area contributed by atoms with Crippen LogP contribution in [0, 0.1) is 11.7 Å². The summed E-state index contributed by atoms with van der Waals surface area (Å²) in [6.45, 7) is 0. The molecule has 2 atom stereocenters. The summed E-state index contributed by atoms with van der Waals surface area (Å²) in [5.41, 5.74) is 11.2. The molecule has 5 heteroatoms. The number of primary amides is 1. The molecule has 2 rings (SSSR count). The second-order valence-corrected chi connectivity index (χ2v) is 4.46. The summed E-state index contributed by atoms with van der Waals surface area (Å²) in [5.74, 6) is -0.246. The molecule has 4 N–H and O–H groups in total. The van der Waals surface area contributed by atoms with Crippen LogP contribution in [0.25, 0.3) is 0 Å². The first-order valence-electron chi connectivity index (χ1n) is 5.38. The Kier molecular flexibility index (Phi) is 2.79. The van der Waals surface area contributed by atoms with Crippen molar-refractivity contribution in [1.29, 1.82) is 0 Å². The highest BCUT2D eigenvalue weighted by Crippen LogP contribution is 2.54. The first-order chi connectivity index (χ1) is 7.97. The van der Waals surface area contributed by atoms with E-state index < -0.39 is 11.4 Å². The molecule has 17 heavy (non-hydrogen) atoms. The number of amides is 1. The number of carbonyl (C=O) groups excluding carboxylic acids is 1. The summed E-state index contributed by atoms with van der Waals surface area (Å²) in [4.78, 5) is 10.9. The first-order valence-corrected chi connectivity index (χ1v) is 5.38. The molecular formula is C12H15FN2O2. The van der Waals surface area contributed by atoms with E-state index in [1.54, 1.807) is 6.07 Å². The maximum Gasteiger partial charge on any atom is 0.217 e. The highest BCUT2D eigenvalue weighted by Gasteiger charge is 2.54. The summed E-state index contributed by atoms with van der Waals surface area (Å²) in [6, 6.07) is 4.22. The Morgan fingerprint density at radius 1 is 1.65 bits per heavy atom. The zero-order valence-corrected chi connectivity index (χ0v) is 9.57. The lowest BCUT2D eigenvalue weighted by molar-refractivity contribution is -0.118. The molecule has 0 heterocycles. The Balaban J connectivity index is 2.29. The average Bonchev–Trinajstić information content (AvgIpc) is 2.89. The van der Waals surface area contributed by atoms with Crippen molar-refractivity contribution >= 4 is 5.91 Å². The van der Waals surface area contributed by atoms with Gasteiger partial charge >= 0.3 is 0 Å². The van der Waals surface area contributed by atoms with E-state index in [2.05, 4.69) is 0 Å². The molecule has 0 aromatic heterocycles. The Morgan fingerprint density at radius 3 is 2.94 bits per heavy atom. The number of hydrogen-bond donors (Lipinski definition) is 2. The third kappa shape index (κ3) is 2.10.